The third kappa shape index (κ3) is 2.70. The summed E-state index contributed by atoms with van der Waals surface area (Å²) in [6.07, 6.45) is 2.45. The number of phenolic OH excluding ortho intramolecular Hbond substituents is 1. The fourth-order valence-corrected chi connectivity index (χ4v) is 1.45. The summed E-state index contributed by atoms with van der Waals surface area (Å²) in [4.78, 5) is 4.31. The van der Waals surface area contributed by atoms with Crippen LogP contribution in [0.3, 0.4) is 0 Å². The predicted molar refractivity (Wildman–Crippen MR) is 66.4 cm³/mol. The number of phenols is 1. The first-order valence-electron chi connectivity index (χ1n) is 5.21. The van der Waals surface area contributed by atoms with Gasteiger partial charge in [-0.2, -0.15) is 0 Å². The number of nitrogens with zero attached hydrogens (tertiary/aromatic N) is 1. The Morgan fingerprint density at radius 3 is 2.38 bits per heavy atom. The lowest BCUT2D eigenvalue weighted by atomic mass is 10.1. The summed E-state index contributed by atoms with van der Waals surface area (Å²) in [5.41, 5.74) is 1.82. The van der Waals surface area contributed by atoms with Crippen molar-refractivity contribution in [1.82, 2.24) is 0 Å². The molecule has 2 heteroatoms. The van der Waals surface area contributed by atoms with Crippen LogP contribution in [0, 0.1) is 0 Å². The zero-order chi connectivity index (χ0) is 11.2. The Morgan fingerprint density at radius 2 is 1.62 bits per heavy atom. The number of benzene rings is 2. The molecule has 0 bridgehead atoms. The van der Waals surface area contributed by atoms with Gasteiger partial charge in [0.2, 0.25) is 0 Å². The highest BCUT2D eigenvalue weighted by molar-refractivity contribution is 5.67. The second-order valence-electron chi connectivity index (χ2n) is 3.48. The number of aliphatic imine (C=N–C) groups is 1. The van der Waals surface area contributed by atoms with E-state index in [1.165, 1.54) is 0 Å². The molecule has 0 radical (unpaired) electrons. The average molecular weight is 211 g/mol. The Balaban J connectivity index is 2.03. The number of hydrogen-bond donors (Lipinski definition) is 1. The zero-order valence-electron chi connectivity index (χ0n) is 8.88. The molecule has 0 aromatic heterocycles. The van der Waals surface area contributed by atoms with Crippen molar-refractivity contribution >= 4 is 11.9 Å². The molecule has 0 aliphatic heterocycles. The molecule has 0 spiro atoms. The summed E-state index contributed by atoms with van der Waals surface area (Å²) in [5.74, 6) is 0.321. The number of aromatic hydroxyl groups is 1. The van der Waals surface area contributed by atoms with Crippen molar-refractivity contribution in [2.24, 2.45) is 4.99 Å². The Bertz CT molecular complexity index is 477. The van der Waals surface area contributed by atoms with Crippen LogP contribution in [0.1, 0.15) is 5.56 Å². The van der Waals surface area contributed by atoms with Gasteiger partial charge in [0.15, 0.2) is 0 Å². The molecule has 0 fully saturated rings. The quantitative estimate of drug-likeness (QED) is 0.776. The molecule has 2 aromatic rings. The van der Waals surface area contributed by atoms with Crippen molar-refractivity contribution in [3.8, 4) is 5.75 Å². The van der Waals surface area contributed by atoms with Crippen LogP contribution in [-0.4, -0.2) is 11.3 Å². The molecule has 1 N–H and O–H groups in total. The van der Waals surface area contributed by atoms with Gasteiger partial charge in [-0.05, 0) is 23.8 Å². The molecule has 0 saturated carbocycles. The van der Waals surface area contributed by atoms with Gasteiger partial charge >= 0.3 is 0 Å². The van der Waals surface area contributed by atoms with E-state index in [4.69, 9.17) is 0 Å². The van der Waals surface area contributed by atoms with Crippen LogP contribution in [0.25, 0.3) is 0 Å². The minimum atomic E-state index is 0.321. The highest BCUT2D eigenvalue weighted by atomic mass is 16.3. The predicted octanol–water partition coefficient (Wildman–Crippen LogP) is 3.34. The molecule has 0 heterocycles. The fourth-order valence-electron chi connectivity index (χ4n) is 1.45. The van der Waals surface area contributed by atoms with Crippen LogP contribution >= 0.6 is 0 Å². The fraction of sp³-hybridized carbons (Fsp3) is 0.0714. The van der Waals surface area contributed by atoms with Crippen molar-refractivity contribution in [1.29, 1.82) is 0 Å². The largest absolute Gasteiger partial charge is 0.508 e. The summed E-state index contributed by atoms with van der Waals surface area (Å²) in [7, 11) is 0. The molecule has 16 heavy (non-hydrogen) atoms. The second-order valence-corrected chi connectivity index (χ2v) is 3.48. The van der Waals surface area contributed by atoms with Crippen LogP contribution in [0.5, 0.6) is 5.75 Å². The molecule has 0 atom stereocenters. The van der Waals surface area contributed by atoms with Gasteiger partial charge in [-0.15, -0.1) is 0 Å². The molecule has 0 unspecified atom stereocenters. The average Bonchev–Trinajstić information content (AvgIpc) is 2.33. The Labute approximate surface area is 94.9 Å². The van der Waals surface area contributed by atoms with Crippen molar-refractivity contribution in [2.45, 2.75) is 6.42 Å². The normalized spacial score (nSPS) is 10.8. The third-order valence-corrected chi connectivity index (χ3v) is 2.30. The van der Waals surface area contributed by atoms with Gasteiger partial charge in [-0.3, -0.25) is 4.99 Å². The van der Waals surface area contributed by atoms with Gasteiger partial charge in [0, 0.05) is 12.6 Å². The molecular formula is C14H13NO. The number of rotatable bonds is 3. The number of hydrogen-bond acceptors (Lipinski definition) is 2. The summed E-state index contributed by atoms with van der Waals surface area (Å²) >= 11 is 0. The van der Waals surface area contributed by atoms with Crippen LogP contribution in [0.4, 0.5) is 5.69 Å². The highest BCUT2D eigenvalue weighted by Crippen LogP contribution is 2.16. The lowest BCUT2D eigenvalue weighted by molar-refractivity contribution is 0.470. The molecular weight excluding hydrogens is 198 g/mol. The highest BCUT2D eigenvalue weighted by Gasteiger charge is 1.96. The summed E-state index contributed by atoms with van der Waals surface area (Å²) in [6.45, 7) is 0. The summed E-state index contributed by atoms with van der Waals surface area (Å²) in [5, 5.41) is 9.55. The van der Waals surface area contributed by atoms with Crippen LogP contribution in [-0.2, 0) is 6.42 Å². The van der Waals surface area contributed by atoms with E-state index in [2.05, 4.69) is 4.99 Å². The Kier molecular flexibility index (Phi) is 3.34. The van der Waals surface area contributed by atoms with Crippen molar-refractivity contribution in [3.63, 3.8) is 0 Å². The smallest absolute Gasteiger partial charge is 0.119 e. The minimum absolute atomic E-state index is 0.321. The van der Waals surface area contributed by atoms with Crippen molar-refractivity contribution < 1.29 is 5.11 Å². The molecule has 2 rings (SSSR count). The van der Waals surface area contributed by atoms with Crippen LogP contribution < -0.4 is 0 Å². The van der Waals surface area contributed by atoms with Gasteiger partial charge in [-0.1, -0.05) is 36.4 Å². The van der Waals surface area contributed by atoms with E-state index in [0.717, 1.165) is 11.3 Å². The van der Waals surface area contributed by atoms with Gasteiger partial charge in [-0.25, -0.2) is 0 Å². The third-order valence-electron chi connectivity index (χ3n) is 2.30. The summed E-state index contributed by atoms with van der Waals surface area (Å²) in [6, 6.07) is 17.1. The van der Waals surface area contributed by atoms with Gasteiger partial charge < -0.3 is 5.11 Å². The first-order valence-corrected chi connectivity index (χ1v) is 5.21. The van der Waals surface area contributed by atoms with Crippen LogP contribution in [0.15, 0.2) is 59.6 Å². The first-order chi connectivity index (χ1) is 7.86. The first kappa shape index (κ1) is 10.4. The Morgan fingerprint density at radius 1 is 0.938 bits per heavy atom. The summed E-state index contributed by atoms with van der Waals surface area (Å²) < 4.78 is 0. The van der Waals surface area contributed by atoms with E-state index in [9.17, 15) is 5.11 Å². The molecule has 0 aliphatic carbocycles. The molecule has 80 valence electrons. The SMILES string of the molecule is Oc1ccccc1CC=Nc1ccccc1. The van der Waals surface area contributed by atoms with Crippen molar-refractivity contribution in [2.75, 3.05) is 0 Å². The van der Waals surface area contributed by atoms with E-state index in [-0.39, 0.29) is 0 Å². The maximum Gasteiger partial charge on any atom is 0.119 e. The molecule has 0 saturated heterocycles. The van der Waals surface area contributed by atoms with E-state index in [1.54, 1.807) is 6.07 Å². The van der Waals surface area contributed by atoms with E-state index in [1.807, 2.05) is 54.7 Å². The number of para-hydroxylation sites is 2. The zero-order valence-corrected chi connectivity index (χ0v) is 8.88. The maximum absolute atomic E-state index is 9.55. The molecule has 2 aromatic carbocycles. The lowest BCUT2D eigenvalue weighted by Crippen LogP contribution is -1.85. The minimum Gasteiger partial charge on any atom is -0.508 e. The van der Waals surface area contributed by atoms with Gasteiger partial charge in [0.25, 0.3) is 0 Å². The molecule has 0 amide bonds. The van der Waals surface area contributed by atoms with Gasteiger partial charge in [0.1, 0.15) is 5.75 Å². The van der Waals surface area contributed by atoms with E-state index in [0.29, 0.717) is 12.2 Å². The van der Waals surface area contributed by atoms with E-state index < -0.39 is 0 Å². The topological polar surface area (TPSA) is 32.6 Å². The monoisotopic (exact) mass is 211 g/mol. The van der Waals surface area contributed by atoms with Crippen molar-refractivity contribution in [3.05, 3.63) is 60.2 Å². The lowest BCUT2D eigenvalue weighted by Gasteiger charge is -1.99. The van der Waals surface area contributed by atoms with Crippen LogP contribution in [0.2, 0.25) is 0 Å². The molecule has 0 aliphatic rings. The molecule has 2 nitrogen and oxygen atoms in total. The maximum atomic E-state index is 9.55. The second kappa shape index (κ2) is 5.12. The van der Waals surface area contributed by atoms with E-state index >= 15 is 0 Å². The van der Waals surface area contributed by atoms with Gasteiger partial charge in [0.05, 0.1) is 5.69 Å². The Hall–Kier alpha value is -2.09. The standard InChI is InChI=1S/C14H13NO/c16-14-9-5-4-6-12(14)10-11-15-13-7-2-1-3-8-13/h1-9,11,16H,10H2.